The van der Waals surface area contributed by atoms with Gasteiger partial charge in [-0.15, -0.1) is 0 Å². The number of hydrogen-bond acceptors (Lipinski definition) is 4. The molecule has 0 atom stereocenters. The molecule has 2 aromatic heterocycles. The lowest BCUT2D eigenvalue weighted by Gasteiger charge is -2.13. The molecule has 3 N–H and O–H groups in total. The van der Waals surface area contributed by atoms with Crippen molar-refractivity contribution in [3.05, 3.63) is 62.4 Å². The Morgan fingerprint density at radius 1 is 1.11 bits per heavy atom. The molecule has 0 aliphatic heterocycles. The first-order valence-electron chi connectivity index (χ1n) is 8.77. The maximum atomic E-state index is 13.0. The number of carbonyl (C=O) groups is 2. The van der Waals surface area contributed by atoms with Gasteiger partial charge >= 0.3 is 5.69 Å². The molecular formula is C19H21N5O4. The molecule has 0 saturated heterocycles. The van der Waals surface area contributed by atoms with E-state index in [0.717, 1.165) is 4.57 Å². The van der Waals surface area contributed by atoms with Crippen molar-refractivity contribution in [3.63, 3.8) is 0 Å². The summed E-state index contributed by atoms with van der Waals surface area (Å²) in [6.45, 7) is 2.36. The zero-order valence-electron chi connectivity index (χ0n) is 15.9. The van der Waals surface area contributed by atoms with Crippen molar-refractivity contribution < 1.29 is 9.59 Å². The summed E-state index contributed by atoms with van der Waals surface area (Å²) in [5.41, 5.74) is 5.46. The molecule has 0 fully saturated rings. The van der Waals surface area contributed by atoms with E-state index in [2.05, 4.69) is 5.32 Å². The van der Waals surface area contributed by atoms with Gasteiger partial charge in [-0.25, -0.2) is 4.79 Å². The zero-order chi connectivity index (χ0) is 20.6. The number of hydrogen-bond donors (Lipinski definition) is 2. The summed E-state index contributed by atoms with van der Waals surface area (Å²) in [5, 5.41) is 2.95. The Morgan fingerprint density at radius 2 is 1.79 bits per heavy atom. The number of fused-ring (bicyclic) bond motifs is 1. The number of para-hydroxylation sites is 1. The van der Waals surface area contributed by atoms with Gasteiger partial charge in [-0.2, -0.15) is 0 Å². The molecule has 28 heavy (non-hydrogen) atoms. The average molecular weight is 383 g/mol. The minimum Gasteiger partial charge on any atom is -0.366 e. The van der Waals surface area contributed by atoms with E-state index in [4.69, 9.17) is 5.73 Å². The molecule has 0 bridgehead atoms. The summed E-state index contributed by atoms with van der Waals surface area (Å²) in [5.74, 6) is -1.17. The molecule has 3 rings (SSSR count). The number of rotatable bonds is 5. The zero-order valence-corrected chi connectivity index (χ0v) is 15.9. The number of nitrogens with two attached hydrogens (primary N) is 1. The van der Waals surface area contributed by atoms with Crippen molar-refractivity contribution in [2.45, 2.75) is 19.9 Å². The summed E-state index contributed by atoms with van der Waals surface area (Å²) in [7, 11) is 2.95. The third-order valence-electron chi connectivity index (χ3n) is 4.62. The minimum absolute atomic E-state index is 0.178. The van der Waals surface area contributed by atoms with Crippen LogP contribution in [0.3, 0.4) is 0 Å². The third kappa shape index (κ3) is 3.00. The smallest absolute Gasteiger partial charge is 0.332 e. The van der Waals surface area contributed by atoms with Gasteiger partial charge in [-0.1, -0.05) is 19.1 Å². The first-order valence-corrected chi connectivity index (χ1v) is 8.77. The van der Waals surface area contributed by atoms with Crippen LogP contribution in [0.4, 0.5) is 5.69 Å². The second-order valence-electron chi connectivity index (χ2n) is 6.49. The maximum Gasteiger partial charge on any atom is 0.332 e. The van der Waals surface area contributed by atoms with Crippen LogP contribution in [0.5, 0.6) is 0 Å². The van der Waals surface area contributed by atoms with Crippen LogP contribution < -0.4 is 22.3 Å². The number of benzene rings is 1. The van der Waals surface area contributed by atoms with Gasteiger partial charge in [-0.05, 0) is 24.6 Å². The lowest BCUT2D eigenvalue weighted by Crippen LogP contribution is -2.37. The molecule has 146 valence electrons. The van der Waals surface area contributed by atoms with E-state index in [1.165, 1.54) is 23.7 Å². The summed E-state index contributed by atoms with van der Waals surface area (Å²) < 4.78 is 3.99. The van der Waals surface area contributed by atoms with Crippen LogP contribution in [0.15, 0.2) is 39.9 Å². The van der Waals surface area contributed by atoms with E-state index in [1.807, 2.05) is 6.92 Å². The summed E-state index contributed by atoms with van der Waals surface area (Å²) in [6.07, 6.45) is 0.686. The normalized spacial score (nSPS) is 11.0. The van der Waals surface area contributed by atoms with Crippen LogP contribution in [-0.2, 0) is 20.6 Å². The number of primary amides is 1. The molecule has 0 saturated carbocycles. The number of nitrogens with zero attached hydrogens (tertiary/aromatic N) is 3. The van der Waals surface area contributed by atoms with E-state index < -0.39 is 23.1 Å². The molecular weight excluding hydrogens is 362 g/mol. The van der Waals surface area contributed by atoms with Crippen molar-refractivity contribution in [1.82, 2.24) is 13.7 Å². The van der Waals surface area contributed by atoms with Gasteiger partial charge in [0, 0.05) is 20.6 Å². The van der Waals surface area contributed by atoms with Crippen molar-refractivity contribution in [3.8, 4) is 0 Å². The van der Waals surface area contributed by atoms with Crippen LogP contribution in [0.2, 0.25) is 0 Å². The van der Waals surface area contributed by atoms with Crippen molar-refractivity contribution >= 4 is 28.5 Å². The molecule has 9 nitrogen and oxygen atoms in total. The molecule has 0 aliphatic rings. The molecule has 1 aromatic carbocycles. The van der Waals surface area contributed by atoms with Gasteiger partial charge in [0.05, 0.1) is 16.6 Å². The van der Waals surface area contributed by atoms with Gasteiger partial charge in [0.2, 0.25) is 0 Å². The fraction of sp³-hybridized carbons (Fsp3) is 0.263. The molecule has 2 amide bonds. The van der Waals surface area contributed by atoms with Crippen LogP contribution in [-0.4, -0.2) is 25.5 Å². The fourth-order valence-electron chi connectivity index (χ4n) is 3.27. The van der Waals surface area contributed by atoms with Crippen LogP contribution in [0, 0.1) is 0 Å². The minimum atomic E-state index is -0.665. The van der Waals surface area contributed by atoms with Gasteiger partial charge < -0.3 is 15.6 Å². The van der Waals surface area contributed by atoms with Crippen LogP contribution in [0.1, 0.15) is 34.2 Å². The SMILES string of the molecule is CCCn1c(C(=O)Nc2ccccc2C(N)=O)cc2c(=O)n(C)c(=O)n(C)c21. The van der Waals surface area contributed by atoms with Gasteiger partial charge in [0.25, 0.3) is 17.4 Å². The number of amides is 2. The van der Waals surface area contributed by atoms with Gasteiger partial charge in [-0.3, -0.25) is 23.5 Å². The fourth-order valence-corrected chi connectivity index (χ4v) is 3.27. The van der Waals surface area contributed by atoms with Gasteiger partial charge in [0.1, 0.15) is 11.3 Å². The second kappa shape index (κ2) is 7.18. The number of aryl methyl sites for hydroxylation is 2. The highest BCUT2D eigenvalue weighted by molar-refractivity contribution is 6.09. The quantitative estimate of drug-likeness (QED) is 0.677. The Balaban J connectivity index is 2.19. The number of carbonyl (C=O) groups excluding carboxylic acids is 2. The lowest BCUT2D eigenvalue weighted by atomic mass is 10.1. The molecule has 2 heterocycles. The molecule has 3 aromatic rings. The predicted octanol–water partition coefficient (Wildman–Crippen LogP) is 0.800. The standard InChI is InChI=1S/C19H21N5O4/c1-4-9-24-14(10-12-17(24)22(2)19(28)23(3)18(12)27)16(26)21-13-8-6-5-7-11(13)15(20)25/h5-8,10H,4,9H2,1-3H3,(H2,20,25)(H,21,26). The van der Waals surface area contributed by atoms with E-state index >= 15 is 0 Å². The Labute approximate surface area is 160 Å². The average Bonchev–Trinajstić information content (AvgIpc) is 3.05. The molecule has 9 heteroatoms. The highest BCUT2D eigenvalue weighted by Gasteiger charge is 2.21. The summed E-state index contributed by atoms with van der Waals surface area (Å²) >= 11 is 0. The largest absolute Gasteiger partial charge is 0.366 e. The van der Waals surface area contributed by atoms with Crippen molar-refractivity contribution in [1.29, 1.82) is 0 Å². The second-order valence-corrected chi connectivity index (χ2v) is 6.49. The van der Waals surface area contributed by atoms with Crippen LogP contribution >= 0.6 is 0 Å². The lowest BCUT2D eigenvalue weighted by molar-refractivity contribution is 0.100. The molecule has 0 aliphatic carbocycles. The number of nitrogens with one attached hydrogen (secondary N) is 1. The first-order chi connectivity index (χ1) is 13.3. The Bertz CT molecular complexity index is 1220. The third-order valence-corrected chi connectivity index (χ3v) is 4.62. The van der Waals surface area contributed by atoms with Gasteiger partial charge in [0.15, 0.2) is 0 Å². The highest BCUT2D eigenvalue weighted by atomic mass is 16.2. The topological polar surface area (TPSA) is 121 Å². The van der Waals surface area contributed by atoms with E-state index in [9.17, 15) is 19.2 Å². The number of anilines is 1. The van der Waals surface area contributed by atoms with E-state index in [0.29, 0.717) is 18.6 Å². The first kappa shape index (κ1) is 19.2. The molecule has 0 unspecified atom stereocenters. The summed E-state index contributed by atoms with van der Waals surface area (Å²) in [6, 6.07) is 7.86. The van der Waals surface area contributed by atoms with Crippen molar-refractivity contribution in [2.24, 2.45) is 19.8 Å². The maximum absolute atomic E-state index is 13.0. The Kier molecular flexibility index (Phi) is 4.91. The predicted molar refractivity (Wildman–Crippen MR) is 106 cm³/mol. The Morgan fingerprint density at radius 3 is 2.43 bits per heavy atom. The molecule has 0 spiro atoms. The van der Waals surface area contributed by atoms with Crippen molar-refractivity contribution in [2.75, 3.05) is 5.32 Å². The highest BCUT2D eigenvalue weighted by Crippen LogP contribution is 2.20. The van der Waals surface area contributed by atoms with E-state index in [-0.39, 0.29) is 22.3 Å². The number of aromatic nitrogens is 3. The Hall–Kier alpha value is -3.62. The van der Waals surface area contributed by atoms with E-state index in [1.54, 1.807) is 29.8 Å². The summed E-state index contributed by atoms with van der Waals surface area (Å²) in [4.78, 5) is 49.4. The monoisotopic (exact) mass is 383 g/mol. The molecule has 0 radical (unpaired) electrons. The van der Waals surface area contributed by atoms with Crippen LogP contribution in [0.25, 0.3) is 11.0 Å².